The molecule has 0 unspecified atom stereocenters. The second-order valence-electron chi connectivity index (χ2n) is 6.65. The first-order valence-electron chi connectivity index (χ1n) is 8.32. The number of anilines is 2. The number of hydrogen-bond acceptors (Lipinski definition) is 3. The highest BCUT2D eigenvalue weighted by Crippen LogP contribution is 2.32. The van der Waals surface area contributed by atoms with E-state index < -0.39 is 10.0 Å². The largest absolute Gasteiger partial charge is 0.307 e. The highest BCUT2D eigenvalue weighted by Gasteiger charge is 2.33. The Morgan fingerprint density at radius 2 is 1.96 bits per heavy atom. The zero-order valence-corrected chi connectivity index (χ0v) is 17.3. The molecule has 0 N–H and O–H groups in total. The first-order chi connectivity index (χ1) is 12.2. The van der Waals surface area contributed by atoms with Crippen LogP contribution in [-0.4, -0.2) is 33.2 Å². The number of hydrogen-bond donors (Lipinski definition) is 0. The van der Waals surface area contributed by atoms with Gasteiger partial charge in [0.15, 0.2) is 0 Å². The lowest BCUT2D eigenvalue weighted by Gasteiger charge is -2.28. The minimum atomic E-state index is -3.60. The molecule has 138 valence electrons. The third-order valence-electron chi connectivity index (χ3n) is 4.58. The Balaban J connectivity index is 1.93. The van der Waals surface area contributed by atoms with Gasteiger partial charge in [-0.05, 0) is 55.7 Å². The number of sulfonamides is 1. The SMILES string of the molecule is Cc1cc(N(CC(=O)N2c3ccccc3C[C@H]2C)S(C)(=O)=O)ccc1Br. The van der Waals surface area contributed by atoms with Crippen LogP contribution in [0.1, 0.15) is 18.1 Å². The molecule has 0 saturated carbocycles. The highest BCUT2D eigenvalue weighted by atomic mass is 79.9. The van der Waals surface area contributed by atoms with Crippen LogP contribution >= 0.6 is 15.9 Å². The Morgan fingerprint density at radius 1 is 1.27 bits per heavy atom. The van der Waals surface area contributed by atoms with E-state index in [1.54, 1.807) is 23.1 Å². The number of nitrogens with zero attached hydrogens (tertiary/aromatic N) is 2. The van der Waals surface area contributed by atoms with E-state index in [1.165, 1.54) is 4.31 Å². The molecule has 1 atom stereocenters. The number of aryl methyl sites for hydroxylation is 1. The molecule has 0 bridgehead atoms. The maximum atomic E-state index is 13.0. The van der Waals surface area contributed by atoms with Crippen LogP contribution in [0, 0.1) is 6.92 Å². The molecule has 0 fully saturated rings. The van der Waals surface area contributed by atoms with E-state index in [1.807, 2.05) is 38.1 Å². The molecule has 0 aliphatic carbocycles. The van der Waals surface area contributed by atoms with Crippen molar-refractivity contribution in [1.29, 1.82) is 0 Å². The number of halogens is 1. The van der Waals surface area contributed by atoms with Crippen molar-refractivity contribution in [1.82, 2.24) is 0 Å². The molecular formula is C19H21BrN2O3S. The standard InChI is InChI=1S/C19H21BrN2O3S/c1-13-10-16(8-9-17(13)20)21(26(3,24)25)12-19(23)22-14(2)11-15-6-4-5-7-18(15)22/h4-10,14H,11-12H2,1-3H3/t14-/m1/s1. The van der Waals surface area contributed by atoms with E-state index in [0.29, 0.717) is 5.69 Å². The van der Waals surface area contributed by atoms with Gasteiger partial charge in [0, 0.05) is 16.2 Å². The topological polar surface area (TPSA) is 57.7 Å². The second-order valence-corrected chi connectivity index (χ2v) is 9.41. The zero-order chi connectivity index (χ0) is 19.1. The molecule has 1 aliphatic rings. The van der Waals surface area contributed by atoms with Gasteiger partial charge in [-0.1, -0.05) is 34.1 Å². The van der Waals surface area contributed by atoms with Gasteiger partial charge in [0.25, 0.3) is 0 Å². The van der Waals surface area contributed by atoms with E-state index in [4.69, 9.17) is 0 Å². The minimum absolute atomic E-state index is 0.00737. The molecule has 5 nitrogen and oxygen atoms in total. The van der Waals surface area contributed by atoms with Gasteiger partial charge in [-0.25, -0.2) is 8.42 Å². The number of amides is 1. The fraction of sp³-hybridized carbons (Fsp3) is 0.316. The molecule has 7 heteroatoms. The second kappa shape index (κ2) is 7.04. The highest BCUT2D eigenvalue weighted by molar-refractivity contribution is 9.10. The molecule has 0 saturated heterocycles. The van der Waals surface area contributed by atoms with Gasteiger partial charge in [0.2, 0.25) is 15.9 Å². The monoisotopic (exact) mass is 436 g/mol. The number of benzene rings is 2. The molecule has 26 heavy (non-hydrogen) atoms. The van der Waals surface area contributed by atoms with Gasteiger partial charge >= 0.3 is 0 Å². The van der Waals surface area contributed by atoms with Crippen molar-refractivity contribution < 1.29 is 13.2 Å². The summed E-state index contributed by atoms with van der Waals surface area (Å²) >= 11 is 3.42. The third kappa shape index (κ3) is 3.64. The summed E-state index contributed by atoms with van der Waals surface area (Å²) in [6, 6.07) is 13.0. The lowest BCUT2D eigenvalue weighted by atomic mass is 10.1. The lowest BCUT2D eigenvalue weighted by Crippen LogP contribution is -2.45. The maximum Gasteiger partial charge on any atom is 0.248 e. The Bertz CT molecular complexity index is 959. The summed E-state index contributed by atoms with van der Waals surface area (Å²) in [4.78, 5) is 14.7. The molecule has 2 aromatic rings. The van der Waals surface area contributed by atoms with Crippen molar-refractivity contribution in [3.05, 3.63) is 58.1 Å². The van der Waals surface area contributed by atoms with E-state index >= 15 is 0 Å². The molecule has 0 aromatic heterocycles. The van der Waals surface area contributed by atoms with Crippen molar-refractivity contribution in [2.75, 3.05) is 22.0 Å². The number of fused-ring (bicyclic) bond motifs is 1. The van der Waals surface area contributed by atoms with Gasteiger partial charge < -0.3 is 4.90 Å². The summed E-state index contributed by atoms with van der Waals surface area (Å²) in [7, 11) is -3.60. The summed E-state index contributed by atoms with van der Waals surface area (Å²) in [6.07, 6.45) is 1.90. The molecule has 0 radical (unpaired) electrons. The number of para-hydroxylation sites is 1. The number of carbonyl (C=O) groups is 1. The van der Waals surface area contributed by atoms with Gasteiger partial charge in [-0.2, -0.15) is 0 Å². The Morgan fingerprint density at radius 3 is 2.62 bits per heavy atom. The average Bonchev–Trinajstić information content (AvgIpc) is 2.90. The quantitative estimate of drug-likeness (QED) is 0.736. The van der Waals surface area contributed by atoms with Crippen molar-refractivity contribution in [2.24, 2.45) is 0 Å². The van der Waals surface area contributed by atoms with E-state index in [-0.39, 0.29) is 18.5 Å². The first-order valence-corrected chi connectivity index (χ1v) is 11.0. The molecule has 1 amide bonds. The van der Waals surface area contributed by atoms with Crippen molar-refractivity contribution in [3.8, 4) is 0 Å². The Labute approximate surface area is 162 Å². The maximum absolute atomic E-state index is 13.0. The lowest BCUT2D eigenvalue weighted by molar-refractivity contribution is -0.117. The normalized spacial score (nSPS) is 16.5. The zero-order valence-electron chi connectivity index (χ0n) is 14.9. The van der Waals surface area contributed by atoms with Crippen molar-refractivity contribution >= 4 is 43.2 Å². The molecule has 1 heterocycles. The van der Waals surface area contributed by atoms with Crippen LogP contribution in [0.4, 0.5) is 11.4 Å². The molecule has 2 aromatic carbocycles. The Kier molecular flexibility index (Phi) is 5.12. The summed E-state index contributed by atoms with van der Waals surface area (Å²) in [5.41, 5.74) is 3.37. The van der Waals surface area contributed by atoms with Gasteiger partial charge in [-0.3, -0.25) is 9.10 Å². The third-order valence-corrected chi connectivity index (χ3v) is 6.61. The summed E-state index contributed by atoms with van der Waals surface area (Å²) in [5.74, 6) is -0.228. The fourth-order valence-corrected chi connectivity index (χ4v) is 4.42. The minimum Gasteiger partial charge on any atom is -0.307 e. The number of rotatable bonds is 4. The molecule has 3 rings (SSSR count). The van der Waals surface area contributed by atoms with Crippen LogP contribution in [-0.2, 0) is 21.2 Å². The number of carbonyl (C=O) groups excluding carboxylic acids is 1. The van der Waals surface area contributed by atoms with Crippen LogP contribution in [0.15, 0.2) is 46.9 Å². The van der Waals surface area contributed by atoms with E-state index in [0.717, 1.165) is 34.0 Å². The molecule has 0 spiro atoms. The summed E-state index contributed by atoms with van der Waals surface area (Å²) in [5, 5.41) is 0. The Hall–Kier alpha value is -1.86. The van der Waals surface area contributed by atoms with Crippen LogP contribution in [0.3, 0.4) is 0 Å². The average molecular weight is 437 g/mol. The van der Waals surface area contributed by atoms with E-state index in [9.17, 15) is 13.2 Å². The van der Waals surface area contributed by atoms with Crippen molar-refractivity contribution in [2.45, 2.75) is 26.3 Å². The first kappa shape index (κ1) is 18.9. The molecule has 1 aliphatic heterocycles. The van der Waals surface area contributed by atoms with Crippen molar-refractivity contribution in [3.63, 3.8) is 0 Å². The van der Waals surface area contributed by atoms with Crippen LogP contribution in [0.25, 0.3) is 0 Å². The smallest absolute Gasteiger partial charge is 0.248 e. The van der Waals surface area contributed by atoms with Gasteiger partial charge in [-0.15, -0.1) is 0 Å². The van der Waals surface area contributed by atoms with Crippen LogP contribution in [0.5, 0.6) is 0 Å². The summed E-state index contributed by atoms with van der Waals surface area (Å²) in [6.45, 7) is 3.64. The van der Waals surface area contributed by atoms with Gasteiger partial charge in [0.1, 0.15) is 6.54 Å². The predicted octanol–water partition coefficient (Wildman–Crippen LogP) is 3.50. The van der Waals surface area contributed by atoms with Crippen LogP contribution < -0.4 is 9.21 Å². The van der Waals surface area contributed by atoms with Crippen LogP contribution in [0.2, 0.25) is 0 Å². The fourth-order valence-electron chi connectivity index (χ4n) is 3.33. The summed E-state index contributed by atoms with van der Waals surface area (Å²) < 4.78 is 26.8. The van der Waals surface area contributed by atoms with Gasteiger partial charge in [0.05, 0.1) is 11.9 Å². The molecular weight excluding hydrogens is 416 g/mol. The van der Waals surface area contributed by atoms with E-state index in [2.05, 4.69) is 15.9 Å². The predicted molar refractivity (Wildman–Crippen MR) is 108 cm³/mol.